The fourth-order valence-corrected chi connectivity index (χ4v) is 2.98. The second-order valence-electron chi connectivity index (χ2n) is 4.89. The Labute approximate surface area is 102 Å². The standard InChI is InChI=1S/C15H19NO/c1-2-12-13-7-10-5-3-4-6-11(10)8-14(13)17-15(12)9-16/h7-8H,2-6,9,16H2,1H3. The average Bonchev–Trinajstić information content (AvgIpc) is 2.72. The minimum absolute atomic E-state index is 0.502. The van der Waals surface area contributed by atoms with E-state index in [1.165, 1.54) is 47.8 Å². The zero-order valence-corrected chi connectivity index (χ0v) is 10.4. The third-order valence-corrected chi connectivity index (χ3v) is 3.88. The van der Waals surface area contributed by atoms with Crippen molar-refractivity contribution in [2.45, 2.75) is 45.6 Å². The molecule has 0 radical (unpaired) electrons. The molecule has 3 rings (SSSR count). The van der Waals surface area contributed by atoms with Crippen LogP contribution in [-0.4, -0.2) is 0 Å². The third kappa shape index (κ3) is 1.67. The van der Waals surface area contributed by atoms with E-state index in [9.17, 15) is 0 Å². The molecule has 0 atom stereocenters. The third-order valence-electron chi connectivity index (χ3n) is 3.88. The van der Waals surface area contributed by atoms with E-state index in [2.05, 4.69) is 19.1 Å². The largest absolute Gasteiger partial charge is 0.459 e. The Morgan fingerprint density at radius 2 is 1.88 bits per heavy atom. The summed E-state index contributed by atoms with van der Waals surface area (Å²) in [5, 5.41) is 1.29. The molecule has 0 bridgehead atoms. The molecule has 1 aromatic heterocycles. The molecular formula is C15H19NO. The van der Waals surface area contributed by atoms with Crippen LogP contribution in [0.4, 0.5) is 0 Å². The lowest BCUT2D eigenvalue weighted by atomic mass is 9.90. The highest BCUT2D eigenvalue weighted by molar-refractivity contribution is 5.84. The number of rotatable bonds is 2. The molecule has 17 heavy (non-hydrogen) atoms. The SMILES string of the molecule is CCc1c(CN)oc2cc3c(cc12)CCCC3. The Bertz CT molecular complexity index is 554. The van der Waals surface area contributed by atoms with Crippen molar-refractivity contribution in [3.8, 4) is 0 Å². The number of aryl methyl sites for hydroxylation is 3. The van der Waals surface area contributed by atoms with Gasteiger partial charge < -0.3 is 10.2 Å². The molecule has 2 N–H and O–H groups in total. The minimum atomic E-state index is 0.502. The van der Waals surface area contributed by atoms with Crippen LogP contribution >= 0.6 is 0 Å². The summed E-state index contributed by atoms with van der Waals surface area (Å²) < 4.78 is 5.88. The number of nitrogens with two attached hydrogens (primary N) is 1. The van der Waals surface area contributed by atoms with E-state index >= 15 is 0 Å². The molecule has 0 amide bonds. The van der Waals surface area contributed by atoms with Crippen molar-refractivity contribution in [3.05, 3.63) is 34.6 Å². The fraction of sp³-hybridized carbons (Fsp3) is 0.467. The normalized spacial score (nSPS) is 15.2. The number of furan rings is 1. The summed E-state index contributed by atoms with van der Waals surface area (Å²) in [4.78, 5) is 0. The summed E-state index contributed by atoms with van der Waals surface area (Å²) in [6.45, 7) is 2.67. The van der Waals surface area contributed by atoms with Crippen LogP contribution in [0.3, 0.4) is 0 Å². The van der Waals surface area contributed by atoms with Gasteiger partial charge in [0, 0.05) is 10.9 Å². The second-order valence-corrected chi connectivity index (χ2v) is 4.89. The van der Waals surface area contributed by atoms with Gasteiger partial charge in [-0.3, -0.25) is 0 Å². The summed E-state index contributed by atoms with van der Waals surface area (Å²) in [6.07, 6.45) is 6.05. The predicted octanol–water partition coefficient (Wildman–Crippen LogP) is 3.33. The van der Waals surface area contributed by atoms with Gasteiger partial charge in [-0.25, -0.2) is 0 Å². The Hall–Kier alpha value is -1.28. The summed E-state index contributed by atoms with van der Waals surface area (Å²) in [5.74, 6) is 0.963. The minimum Gasteiger partial charge on any atom is -0.459 e. The lowest BCUT2D eigenvalue weighted by molar-refractivity contribution is 0.545. The van der Waals surface area contributed by atoms with Crippen molar-refractivity contribution < 1.29 is 4.42 Å². The molecule has 2 nitrogen and oxygen atoms in total. The maximum atomic E-state index is 5.88. The first-order valence-corrected chi connectivity index (χ1v) is 6.59. The zero-order valence-electron chi connectivity index (χ0n) is 10.4. The predicted molar refractivity (Wildman–Crippen MR) is 70.1 cm³/mol. The molecule has 2 heteroatoms. The van der Waals surface area contributed by atoms with Gasteiger partial charge in [-0.2, -0.15) is 0 Å². The van der Waals surface area contributed by atoms with Crippen LogP contribution in [0.5, 0.6) is 0 Å². The molecule has 0 fully saturated rings. The lowest BCUT2D eigenvalue weighted by Crippen LogP contribution is -2.02. The Kier molecular flexibility index (Phi) is 2.67. The van der Waals surface area contributed by atoms with Crippen molar-refractivity contribution in [2.24, 2.45) is 5.73 Å². The second kappa shape index (κ2) is 4.19. The van der Waals surface area contributed by atoms with Crippen LogP contribution in [-0.2, 0) is 25.8 Å². The summed E-state index contributed by atoms with van der Waals surface area (Å²) >= 11 is 0. The number of hydrogen-bond donors (Lipinski definition) is 1. The maximum Gasteiger partial charge on any atom is 0.134 e. The van der Waals surface area contributed by atoms with Crippen molar-refractivity contribution in [1.29, 1.82) is 0 Å². The number of hydrogen-bond acceptors (Lipinski definition) is 2. The highest BCUT2D eigenvalue weighted by Gasteiger charge is 2.16. The van der Waals surface area contributed by atoms with E-state index < -0.39 is 0 Å². The molecule has 1 aliphatic rings. The summed E-state index contributed by atoms with van der Waals surface area (Å²) in [5.41, 5.74) is 11.1. The van der Waals surface area contributed by atoms with Gasteiger partial charge in [-0.05, 0) is 55.4 Å². The van der Waals surface area contributed by atoms with Crippen LogP contribution < -0.4 is 5.73 Å². The van der Waals surface area contributed by atoms with Gasteiger partial charge in [0.05, 0.1) is 6.54 Å². The molecule has 0 aliphatic heterocycles. The first-order chi connectivity index (χ1) is 8.33. The van der Waals surface area contributed by atoms with E-state index in [1.807, 2.05) is 0 Å². The fourth-order valence-electron chi connectivity index (χ4n) is 2.98. The first kappa shape index (κ1) is 10.8. The van der Waals surface area contributed by atoms with Crippen molar-refractivity contribution >= 4 is 11.0 Å². The zero-order chi connectivity index (χ0) is 11.8. The first-order valence-electron chi connectivity index (χ1n) is 6.59. The molecule has 0 spiro atoms. The maximum absolute atomic E-state index is 5.88. The molecule has 1 heterocycles. The van der Waals surface area contributed by atoms with E-state index in [4.69, 9.17) is 10.2 Å². The molecule has 2 aromatic rings. The van der Waals surface area contributed by atoms with Gasteiger partial charge in [0.25, 0.3) is 0 Å². The molecule has 0 saturated heterocycles. The quantitative estimate of drug-likeness (QED) is 0.857. The Morgan fingerprint density at radius 1 is 1.18 bits per heavy atom. The molecule has 90 valence electrons. The van der Waals surface area contributed by atoms with Crippen LogP contribution in [0.2, 0.25) is 0 Å². The molecule has 0 unspecified atom stereocenters. The lowest BCUT2D eigenvalue weighted by Gasteiger charge is -2.15. The highest BCUT2D eigenvalue weighted by atomic mass is 16.3. The molecule has 1 aliphatic carbocycles. The van der Waals surface area contributed by atoms with Crippen molar-refractivity contribution in [3.63, 3.8) is 0 Å². The smallest absolute Gasteiger partial charge is 0.134 e. The topological polar surface area (TPSA) is 39.2 Å². The van der Waals surface area contributed by atoms with Gasteiger partial charge >= 0.3 is 0 Å². The summed E-state index contributed by atoms with van der Waals surface area (Å²) in [6, 6.07) is 4.58. The number of fused-ring (bicyclic) bond motifs is 2. The van der Waals surface area contributed by atoms with Gasteiger partial charge in [0.1, 0.15) is 11.3 Å². The van der Waals surface area contributed by atoms with Gasteiger partial charge in [0.15, 0.2) is 0 Å². The Balaban J connectivity index is 2.24. The Morgan fingerprint density at radius 3 is 2.53 bits per heavy atom. The van der Waals surface area contributed by atoms with Crippen LogP contribution in [0.15, 0.2) is 16.5 Å². The molecular weight excluding hydrogens is 210 g/mol. The van der Waals surface area contributed by atoms with Crippen LogP contribution in [0.1, 0.15) is 42.2 Å². The average molecular weight is 229 g/mol. The number of benzene rings is 1. The van der Waals surface area contributed by atoms with E-state index in [0.717, 1.165) is 17.8 Å². The van der Waals surface area contributed by atoms with Gasteiger partial charge in [-0.15, -0.1) is 0 Å². The van der Waals surface area contributed by atoms with Crippen molar-refractivity contribution in [1.82, 2.24) is 0 Å². The van der Waals surface area contributed by atoms with Crippen LogP contribution in [0.25, 0.3) is 11.0 Å². The van der Waals surface area contributed by atoms with Crippen LogP contribution in [0, 0.1) is 0 Å². The molecule has 1 aromatic carbocycles. The molecule has 0 saturated carbocycles. The van der Waals surface area contributed by atoms with Gasteiger partial charge in [0.2, 0.25) is 0 Å². The van der Waals surface area contributed by atoms with Crippen molar-refractivity contribution in [2.75, 3.05) is 0 Å². The van der Waals surface area contributed by atoms with E-state index in [-0.39, 0.29) is 0 Å². The monoisotopic (exact) mass is 229 g/mol. The summed E-state index contributed by atoms with van der Waals surface area (Å²) in [7, 11) is 0. The van der Waals surface area contributed by atoms with Gasteiger partial charge in [-0.1, -0.05) is 6.92 Å². The van der Waals surface area contributed by atoms with E-state index in [1.54, 1.807) is 0 Å². The van der Waals surface area contributed by atoms with E-state index in [0.29, 0.717) is 6.54 Å². The highest BCUT2D eigenvalue weighted by Crippen LogP contribution is 2.32.